The van der Waals surface area contributed by atoms with E-state index in [1.54, 1.807) is 6.07 Å². The number of imidazole rings is 1. The van der Waals surface area contributed by atoms with E-state index < -0.39 is 11.9 Å². The van der Waals surface area contributed by atoms with Crippen LogP contribution in [0.25, 0.3) is 5.78 Å². The molecule has 2 aromatic heterocycles. The van der Waals surface area contributed by atoms with E-state index in [2.05, 4.69) is 21.4 Å². The molecule has 1 aliphatic carbocycles. The molecule has 1 aromatic carbocycles. The maximum Gasteiger partial charge on any atom is 0.353 e. The lowest BCUT2D eigenvalue weighted by molar-refractivity contribution is 0.0688. The van der Waals surface area contributed by atoms with Gasteiger partial charge >= 0.3 is 5.97 Å². The molecule has 3 aromatic rings. The van der Waals surface area contributed by atoms with Gasteiger partial charge in [-0.15, -0.1) is 0 Å². The van der Waals surface area contributed by atoms with Gasteiger partial charge in [-0.1, -0.05) is 6.07 Å². The minimum atomic E-state index is -1.17. The molecule has 128 valence electrons. The van der Waals surface area contributed by atoms with Crippen LogP contribution in [0.3, 0.4) is 0 Å². The minimum absolute atomic E-state index is 0.00296. The minimum Gasteiger partial charge on any atom is -0.477 e. The van der Waals surface area contributed by atoms with Crippen molar-refractivity contribution in [2.24, 2.45) is 0 Å². The lowest BCUT2D eigenvalue weighted by atomic mass is 10.1. The summed E-state index contributed by atoms with van der Waals surface area (Å²) in [6, 6.07) is 8.55. The van der Waals surface area contributed by atoms with E-state index in [-0.39, 0.29) is 23.2 Å². The molecule has 1 aliphatic rings. The van der Waals surface area contributed by atoms with Gasteiger partial charge in [-0.3, -0.25) is 9.20 Å². The van der Waals surface area contributed by atoms with E-state index in [1.165, 1.54) is 22.9 Å². The van der Waals surface area contributed by atoms with Crippen molar-refractivity contribution >= 4 is 17.7 Å². The Morgan fingerprint density at radius 2 is 2.19 bits per heavy atom. The van der Waals surface area contributed by atoms with Gasteiger partial charge in [-0.05, 0) is 36.1 Å². The zero-order valence-electron chi connectivity index (χ0n) is 13.5. The zero-order chi connectivity index (χ0) is 18.3. The van der Waals surface area contributed by atoms with E-state index >= 15 is 0 Å². The van der Waals surface area contributed by atoms with Crippen LogP contribution in [0.1, 0.15) is 50.1 Å². The van der Waals surface area contributed by atoms with Crippen LogP contribution in [0.2, 0.25) is 0 Å². The fourth-order valence-electron chi connectivity index (χ4n) is 3.26. The molecule has 8 heteroatoms. The number of benzene rings is 1. The Balaban J connectivity index is 1.63. The number of carboxylic acids is 1. The number of aromatic nitrogens is 3. The second-order valence-corrected chi connectivity index (χ2v) is 6.02. The molecule has 0 aliphatic heterocycles. The summed E-state index contributed by atoms with van der Waals surface area (Å²) in [4.78, 5) is 32.1. The second-order valence-electron chi connectivity index (χ2n) is 6.02. The van der Waals surface area contributed by atoms with Crippen molar-refractivity contribution in [3.05, 3.63) is 64.7 Å². The third kappa shape index (κ3) is 2.56. The Morgan fingerprint density at radius 1 is 1.35 bits per heavy atom. The zero-order valence-corrected chi connectivity index (χ0v) is 13.5. The predicted octanol–water partition coefficient (Wildman–Crippen LogP) is 1.72. The summed E-state index contributed by atoms with van der Waals surface area (Å²) < 4.78 is 1.31. The molecule has 4 rings (SSSR count). The number of amides is 1. The summed E-state index contributed by atoms with van der Waals surface area (Å²) in [7, 11) is 0. The average molecular weight is 347 g/mol. The second kappa shape index (κ2) is 5.97. The molecular formula is C18H13N5O3. The molecule has 2 N–H and O–H groups in total. The van der Waals surface area contributed by atoms with Gasteiger partial charge in [0.2, 0.25) is 5.78 Å². The summed E-state index contributed by atoms with van der Waals surface area (Å²) in [6.07, 6.45) is 4.39. The first-order valence-corrected chi connectivity index (χ1v) is 7.98. The SMILES string of the molecule is N#Cc1ccc2c(c1)CC[C@@H]2NC(=O)c1cc(C(=O)O)n2ccnc2n1. The predicted molar refractivity (Wildman–Crippen MR) is 89.6 cm³/mol. The van der Waals surface area contributed by atoms with Gasteiger partial charge in [0.15, 0.2) is 0 Å². The molecule has 26 heavy (non-hydrogen) atoms. The summed E-state index contributed by atoms with van der Waals surface area (Å²) >= 11 is 0. The van der Waals surface area contributed by atoms with Crippen molar-refractivity contribution in [3.63, 3.8) is 0 Å². The van der Waals surface area contributed by atoms with Gasteiger partial charge in [0.1, 0.15) is 11.4 Å². The Kier molecular flexibility index (Phi) is 3.62. The molecular weight excluding hydrogens is 334 g/mol. The van der Waals surface area contributed by atoms with Crippen LogP contribution in [0.5, 0.6) is 0 Å². The number of aryl methyl sites for hydroxylation is 1. The quantitative estimate of drug-likeness (QED) is 0.744. The van der Waals surface area contributed by atoms with Crippen LogP contribution in [0.15, 0.2) is 36.7 Å². The fourth-order valence-corrected chi connectivity index (χ4v) is 3.26. The van der Waals surface area contributed by atoms with Gasteiger partial charge < -0.3 is 10.4 Å². The molecule has 0 spiro atoms. The van der Waals surface area contributed by atoms with Gasteiger partial charge in [0.25, 0.3) is 5.91 Å². The largest absolute Gasteiger partial charge is 0.477 e. The van der Waals surface area contributed by atoms with Crippen molar-refractivity contribution in [1.82, 2.24) is 19.7 Å². The molecule has 0 bridgehead atoms. The topological polar surface area (TPSA) is 120 Å². The van der Waals surface area contributed by atoms with Crippen LogP contribution >= 0.6 is 0 Å². The van der Waals surface area contributed by atoms with Crippen molar-refractivity contribution in [2.75, 3.05) is 0 Å². The lowest BCUT2D eigenvalue weighted by Gasteiger charge is -2.14. The van der Waals surface area contributed by atoms with E-state index in [0.29, 0.717) is 12.0 Å². The van der Waals surface area contributed by atoms with E-state index in [4.69, 9.17) is 5.26 Å². The number of rotatable bonds is 3. The smallest absolute Gasteiger partial charge is 0.353 e. The first-order valence-electron chi connectivity index (χ1n) is 7.98. The highest BCUT2D eigenvalue weighted by atomic mass is 16.4. The maximum atomic E-state index is 12.6. The first kappa shape index (κ1) is 15.8. The number of carbonyl (C=O) groups is 2. The summed E-state index contributed by atoms with van der Waals surface area (Å²) in [5.41, 5.74) is 2.52. The average Bonchev–Trinajstić information content (AvgIpc) is 3.27. The van der Waals surface area contributed by atoms with E-state index in [0.717, 1.165) is 17.5 Å². The molecule has 2 heterocycles. The van der Waals surface area contributed by atoms with Crippen LogP contribution in [0.4, 0.5) is 0 Å². The van der Waals surface area contributed by atoms with Crippen molar-refractivity contribution < 1.29 is 14.7 Å². The number of fused-ring (bicyclic) bond motifs is 2. The number of nitrogens with one attached hydrogen (secondary N) is 1. The third-order valence-electron chi connectivity index (χ3n) is 4.48. The Labute approximate surface area is 147 Å². The Morgan fingerprint density at radius 3 is 2.96 bits per heavy atom. The highest BCUT2D eigenvalue weighted by Gasteiger charge is 2.26. The highest BCUT2D eigenvalue weighted by Crippen LogP contribution is 2.31. The number of carboxylic acid groups (broad SMARTS) is 1. The lowest BCUT2D eigenvalue weighted by Crippen LogP contribution is -2.28. The highest BCUT2D eigenvalue weighted by molar-refractivity contribution is 5.96. The van der Waals surface area contributed by atoms with Crippen molar-refractivity contribution in [1.29, 1.82) is 5.26 Å². The normalized spacial score (nSPS) is 15.4. The fraction of sp³-hybridized carbons (Fsp3) is 0.167. The first-order chi connectivity index (χ1) is 12.6. The van der Waals surface area contributed by atoms with Crippen LogP contribution < -0.4 is 5.32 Å². The number of hydrogen-bond donors (Lipinski definition) is 2. The van der Waals surface area contributed by atoms with Gasteiger partial charge in [-0.25, -0.2) is 14.8 Å². The van der Waals surface area contributed by atoms with Crippen LogP contribution in [-0.4, -0.2) is 31.4 Å². The van der Waals surface area contributed by atoms with E-state index in [1.807, 2.05) is 12.1 Å². The molecule has 8 nitrogen and oxygen atoms in total. The number of carbonyl (C=O) groups excluding carboxylic acids is 1. The van der Waals surface area contributed by atoms with Crippen molar-refractivity contribution in [3.8, 4) is 6.07 Å². The van der Waals surface area contributed by atoms with Crippen molar-refractivity contribution in [2.45, 2.75) is 18.9 Å². The molecule has 0 saturated heterocycles. The van der Waals surface area contributed by atoms with Crippen LogP contribution in [0, 0.1) is 11.3 Å². The van der Waals surface area contributed by atoms with E-state index in [9.17, 15) is 14.7 Å². The molecule has 0 saturated carbocycles. The van der Waals surface area contributed by atoms with Gasteiger partial charge in [0, 0.05) is 18.5 Å². The number of hydrogen-bond acceptors (Lipinski definition) is 5. The molecule has 1 amide bonds. The monoisotopic (exact) mass is 347 g/mol. The summed E-state index contributed by atoms with van der Waals surface area (Å²) in [6.45, 7) is 0. The maximum absolute atomic E-state index is 12.6. The molecule has 0 radical (unpaired) electrons. The molecule has 0 unspecified atom stereocenters. The van der Waals surface area contributed by atoms with Crippen LogP contribution in [-0.2, 0) is 6.42 Å². The number of aromatic carboxylic acids is 1. The number of nitriles is 1. The standard InChI is InChI=1S/C18H13N5O3/c19-9-10-1-3-12-11(7-10)2-4-13(12)21-16(24)14-8-15(17(25)26)23-6-5-20-18(23)22-14/h1,3,5-8,13H,2,4H2,(H,21,24)(H,25,26)/t13-/m0/s1. The summed E-state index contributed by atoms with van der Waals surface area (Å²) in [5.74, 6) is -1.47. The van der Waals surface area contributed by atoms with Gasteiger partial charge in [-0.2, -0.15) is 5.26 Å². The Hall–Kier alpha value is -3.73. The molecule has 0 fully saturated rings. The third-order valence-corrected chi connectivity index (χ3v) is 4.48. The summed E-state index contributed by atoms with van der Waals surface area (Å²) in [5, 5.41) is 21.2. The molecule has 1 atom stereocenters. The van der Waals surface area contributed by atoms with Gasteiger partial charge in [0.05, 0.1) is 17.7 Å². The Bertz CT molecular complexity index is 1100. The number of nitrogens with zero attached hydrogens (tertiary/aromatic N) is 4.